The van der Waals surface area contributed by atoms with Crippen molar-refractivity contribution in [2.24, 2.45) is 0 Å². The number of fused-ring (bicyclic) bond motifs is 1. The molecule has 0 atom stereocenters. The van der Waals surface area contributed by atoms with Gasteiger partial charge in [0, 0.05) is 32.6 Å². The quantitative estimate of drug-likeness (QED) is 0.852. The Morgan fingerprint density at radius 1 is 1.40 bits per heavy atom. The normalized spacial score (nSPS) is 11.5. The van der Waals surface area contributed by atoms with Gasteiger partial charge in [-0.1, -0.05) is 31.5 Å². The molecule has 0 bridgehead atoms. The maximum Gasteiger partial charge on any atom is 0.0492 e. The summed E-state index contributed by atoms with van der Waals surface area (Å²) in [6.45, 7) is 5.23. The number of hydrogen-bond acceptors (Lipinski definition) is 2. The van der Waals surface area contributed by atoms with Crippen molar-refractivity contribution in [2.75, 3.05) is 0 Å². The number of benzene rings is 1. The first-order valence-electron chi connectivity index (χ1n) is 5.07. The minimum atomic E-state index is 0.519. The number of thiophene rings is 1. The van der Waals surface area contributed by atoms with E-state index in [2.05, 4.69) is 31.3 Å². The summed E-state index contributed by atoms with van der Waals surface area (Å²) in [4.78, 5) is 1.34. The highest BCUT2D eigenvalue weighted by atomic mass is 35.5. The van der Waals surface area contributed by atoms with Gasteiger partial charge in [-0.15, -0.1) is 11.3 Å². The second kappa shape index (κ2) is 4.52. The van der Waals surface area contributed by atoms with Crippen molar-refractivity contribution in [3.63, 3.8) is 0 Å². The SMILES string of the molecule is CC(C)NCc1cc2c(Cl)cccc2s1. The van der Waals surface area contributed by atoms with Gasteiger partial charge in [-0.3, -0.25) is 0 Å². The molecule has 0 fully saturated rings. The van der Waals surface area contributed by atoms with E-state index in [-0.39, 0.29) is 0 Å². The molecule has 2 rings (SSSR count). The summed E-state index contributed by atoms with van der Waals surface area (Å²) in [5, 5.41) is 5.43. The van der Waals surface area contributed by atoms with Gasteiger partial charge in [0.1, 0.15) is 0 Å². The third-order valence-electron chi connectivity index (χ3n) is 2.24. The van der Waals surface area contributed by atoms with Crippen LogP contribution < -0.4 is 5.32 Å². The zero-order valence-corrected chi connectivity index (χ0v) is 10.5. The fourth-order valence-electron chi connectivity index (χ4n) is 1.47. The molecule has 80 valence electrons. The van der Waals surface area contributed by atoms with Crippen LogP contribution in [0.3, 0.4) is 0 Å². The molecule has 0 amide bonds. The molecule has 0 aliphatic carbocycles. The highest BCUT2D eigenvalue weighted by molar-refractivity contribution is 7.19. The smallest absolute Gasteiger partial charge is 0.0492 e. The molecule has 15 heavy (non-hydrogen) atoms. The van der Waals surface area contributed by atoms with Gasteiger partial charge in [0.05, 0.1) is 0 Å². The second-order valence-corrected chi connectivity index (χ2v) is 5.48. The molecule has 1 N–H and O–H groups in total. The van der Waals surface area contributed by atoms with E-state index in [0.29, 0.717) is 6.04 Å². The Hall–Kier alpha value is -0.570. The Morgan fingerprint density at radius 2 is 2.20 bits per heavy atom. The van der Waals surface area contributed by atoms with Gasteiger partial charge >= 0.3 is 0 Å². The summed E-state index contributed by atoms with van der Waals surface area (Å²) in [6.07, 6.45) is 0. The molecule has 3 heteroatoms. The standard InChI is InChI=1S/C12H14ClNS/c1-8(2)14-7-9-6-10-11(13)4-3-5-12(10)15-9/h3-6,8,14H,7H2,1-2H3. The lowest BCUT2D eigenvalue weighted by atomic mass is 10.2. The molecule has 2 aromatic rings. The average molecular weight is 240 g/mol. The molecule has 0 aliphatic rings. The first kappa shape index (κ1) is 10.9. The third-order valence-corrected chi connectivity index (χ3v) is 3.67. The summed E-state index contributed by atoms with van der Waals surface area (Å²) < 4.78 is 1.27. The van der Waals surface area contributed by atoms with Crippen LogP contribution in [0.5, 0.6) is 0 Å². The Kier molecular flexibility index (Phi) is 3.29. The van der Waals surface area contributed by atoms with Crippen LogP contribution in [0.2, 0.25) is 5.02 Å². The van der Waals surface area contributed by atoms with Crippen LogP contribution in [-0.4, -0.2) is 6.04 Å². The van der Waals surface area contributed by atoms with Gasteiger partial charge < -0.3 is 5.32 Å². The van der Waals surface area contributed by atoms with Crippen LogP contribution in [0.1, 0.15) is 18.7 Å². The van der Waals surface area contributed by atoms with Crippen LogP contribution in [-0.2, 0) is 6.54 Å². The van der Waals surface area contributed by atoms with E-state index in [1.165, 1.54) is 15.0 Å². The third kappa shape index (κ3) is 2.51. The van der Waals surface area contributed by atoms with Crippen molar-refractivity contribution < 1.29 is 0 Å². The number of rotatable bonds is 3. The van der Waals surface area contributed by atoms with E-state index in [1.54, 1.807) is 11.3 Å². The summed E-state index contributed by atoms with van der Waals surface area (Å²) in [5.74, 6) is 0. The van der Waals surface area contributed by atoms with E-state index >= 15 is 0 Å². The maximum atomic E-state index is 6.12. The fraction of sp³-hybridized carbons (Fsp3) is 0.333. The zero-order chi connectivity index (χ0) is 10.8. The van der Waals surface area contributed by atoms with Crippen LogP contribution in [0.4, 0.5) is 0 Å². The minimum Gasteiger partial charge on any atom is -0.310 e. The fourth-order valence-corrected chi connectivity index (χ4v) is 2.80. The molecular formula is C12H14ClNS. The number of hydrogen-bond donors (Lipinski definition) is 1. The molecule has 0 radical (unpaired) electrons. The molecule has 1 aromatic carbocycles. The molecule has 0 aliphatic heterocycles. The topological polar surface area (TPSA) is 12.0 Å². The average Bonchev–Trinajstić information content (AvgIpc) is 2.59. The van der Waals surface area contributed by atoms with Gasteiger partial charge in [-0.25, -0.2) is 0 Å². The second-order valence-electron chi connectivity index (χ2n) is 3.90. The van der Waals surface area contributed by atoms with Crippen molar-refractivity contribution >= 4 is 33.0 Å². The van der Waals surface area contributed by atoms with Crippen LogP contribution in [0, 0.1) is 0 Å². The molecule has 0 saturated heterocycles. The van der Waals surface area contributed by atoms with Crippen molar-refractivity contribution in [1.29, 1.82) is 0 Å². The molecule has 0 saturated carbocycles. The molecule has 0 spiro atoms. The molecule has 1 nitrogen and oxygen atoms in total. The minimum absolute atomic E-state index is 0.519. The van der Waals surface area contributed by atoms with Gasteiger partial charge in [0.2, 0.25) is 0 Å². The van der Waals surface area contributed by atoms with E-state index in [0.717, 1.165) is 11.6 Å². The summed E-state index contributed by atoms with van der Waals surface area (Å²) in [5.41, 5.74) is 0. The van der Waals surface area contributed by atoms with Gasteiger partial charge in [-0.05, 0) is 18.2 Å². The molecular weight excluding hydrogens is 226 g/mol. The highest BCUT2D eigenvalue weighted by Crippen LogP contribution is 2.30. The van der Waals surface area contributed by atoms with E-state index < -0.39 is 0 Å². The van der Waals surface area contributed by atoms with Gasteiger partial charge in [0.25, 0.3) is 0 Å². The van der Waals surface area contributed by atoms with E-state index in [9.17, 15) is 0 Å². The predicted octanol–water partition coefficient (Wildman–Crippen LogP) is 4.05. The van der Waals surface area contributed by atoms with Crippen molar-refractivity contribution in [2.45, 2.75) is 26.4 Å². The molecule has 0 unspecified atom stereocenters. The van der Waals surface area contributed by atoms with Crippen molar-refractivity contribution in [3.05, 3.63) is 34.2 Å². The van der Waals surface area contributed by atoms with Gasteiger partial charge in [0.15, 0.2) is 0 Å². The lowest BCUT2D eigenvalue weighted by Crippen LogP contribution is -2.21. The van der Waals surface area contributed by atoms with Crippen LogP contribution in [0.25, 0.3) is 10.1 Å². The zero-order valence-electron chi connectivity index (χ0n) is 8.88. The van der Waals surface area contributed by atoms with Crippen molar-refractivity contribution in [1.82, 2.24) is 5.32 Å². The van der Waals surface area contributed by atoms with Gasteiger partial charge in [-0.2, -0.15) is 0 Å². The summed E-state index contributed by atoms with van der Waals surface area (Å²) in [7, 11) is 0. The first-order chi connectivity index (χ1) is 7.16. The molecule has 1 heterocycles. The Labute approximate surface area is 99.1 Å². The van der Waals surface area contributed by atoms with Crippen LogP contribution >= 0.6 is 22.9 Å². The monoisotopic (exact) mass is 239 g/mol. The predicted molar refractivity (Wildman–Crippen MR) is 68.8 cm³/mol. The van der Waals surface area contributed by atoms with E-state index in [4.69, 9.17) is 11.6 Å². The van der Waals surface area contributed by atoms with Crippen molar-refractivity contribution in [3.8, 4) is 0 Å². The highest BCUT2D eigenvalue weighted by Gasteiger charge is 2.04. The van der Waals surface area contributed by atoms with Crippen LogP contribution in [0.15, 0.2) is 24.3 Å². The Balaban J connectivity index is 2.27. The molecule has 1 aromatic heterocycles. The largest absolute Gasteiger partial charge is 0.310 e. The lowest BCUT2D eigenvalue weighted by Gasteiger charge is -2.04. The first-order valence-corrected chi connectivity index (χ1v) is 6.26. The Bertz CT molecular complexity index is 462. The number of halogens is 1. The summed E-state index contributed by atoms with van der Waals surface area (Å²) >= 11 is 7.93. The lowest BCUT2D eigenvalue weighted by molar-refractivity contribution is 0.593. The maximum absolute atomic E-state index is 6.12. The Morgan fingerprint density at radius 3 is 2.87 bits per heavy atom. The summed E-state index contributed by atoms with van der Waals surface area (Å²) in [6, 6.07) is 8.75. The number of nitrogens with one attached hydrogen (secondary N) is 1. The van der Waals surface area contributed by atoms with E-state index in [1.807, 2.05) is 12.1 Å².